The highest BCUT2D eigenvalue weighted by atomic mass is 79.9. The normalized spacial score (nSPS) is 11.3. The van der Waals surface area contributed by atoms with E-state index in [2.05, 4.69) is 26.0 Å². The predicted molar refractivity (Wildman–Crippen MR) is 88.0 cm³/mol. The first kappa shape index (κ1) is 17.6. The number of hydrogen-bond acceptors (Lipinski definition) is 3. The summed E-state index contributed by atoms with van der Waals surface area (Å²) in [5.41, 5.74) is 0.926. The number of halogens is 2. The number of carbonyl (C=O) groups is 1. The lowest BCUT2D eigenvalue weighted by Crippen LogP contribution is -2.23. The van der Waals surface area contributed by atoms with Crippen LogP contribution in [0.2, 0.25) is 0 Å². The molecule has 0 atom stereocenters. The minimum absolute atomic E-state index is 0.0746. The molecule has 8 heteroatoms. The third kappa shape index (κ3) is 4.60. The summed E-state index contributed by atoms with van der Waals surface area (Å²) < 4.78 is 39.3. The van der Waals surface area contributed by atoms with Crippen LogP contribution in [0.25, 0.3) is 0 Å². The van der Waals surface area contributed by atoms with Gasteiger partial charge in [-0.3, -0.25) is 4.79 Å². The molecule has 2 N–H and O–H groups in total. The minimum Gasteiger partial charge on any atom is -0.348 e. The van der Waals surface area contributed by atoms with Crippen molar-refractivity contribution in [2.45, 2.75) is 11.4 Å². The maximum absolute atomic E-state index is 13.3. The molecule has 0 bridgehead atoms. The van der Waals surface area contributed by atoms with E-state index in [0.29, 0.717) is 15.6 Å². The van der Waals surface area contributed by atoms with Crippen LogP contribution in [0.5, 0.6) is 0 Å². The molecule has 23 heavy (non-hydrogen) atoms. The van der Waals surface area contributed by atoms with Crippen LogP contribution in [0.4, 0.5) is 4.39 Å². The van der Waals surface area contributed by atoms with Crippen LogP contribution in [0.1, 0.15) is 15.9 Å². The molecule has 0 radical (unpaired) electrons. The van der Waals surface area contributed by atoms with Gasteiger partial charge in [0.25, 0.3) is 5.91 Å². The van der Waals surface area contributed by atoms with Crippen molar-refractivity contribution in [1.82, 2.24) is 10.0 Å². The van der Waals surface area contributed by atoms with Gasteiger partial charge in [0.2, 0.25) is 10.0 Å². The Morgan fingerprint density at radius 2 is 1.83 bits per heavy atom. The lowest BCUT2D eigenvalue weighted by Gasteiger charge is -2.07. The van der Waals surface area contributed by atoms with Gasteiger partial charge in [0.05, 0.1) is 4.90 Å². The van der Waals surface area contributed by atoms with Crippen LogP contribution in [-0.2, 0) is 16.6 Å². The monoisotopic (exact) mass is 400 g/mol. The van der Waals surface area contributed by atoms with Crippen LogP contribution in [0.3, 0.4) is 0 Å². The molecular formula is C15H14BrFN2O3S. The number of amides is 1. The summed E-state index contributed by atoms with van der Waals surface area (Å²) in [5.74, 6) is -0.774. The molecule has 0 aliphatic rings. The summed E-state index contributed by atoms with van der Waals surface area (Å²) >= 11 is 3.18. The summed E-state index contributed by atoms with van der Waals surface area (Å²) in [4.78, 5) is 12.1. The second-order valence-corrected chi connectivity index (χ2v) is 7.49. The lowest BCUT2D eigenvalue weighted by atomic mass is 10.2. The van der Waals surface area contributed by atoms with Gasteiger partial charge in [-0.05, 0) is 55.1 Å². The Morgan fingerprint density at radius 3 is 2.39 bits per heavy atom. The van der Waals surface area contributed by atoms with E-state index in [4.69, 9.17) is 0 Å². The highest BCUT2D eigenvalue weighted by Gasteiger charge is 2.12. The summed E-state index contributed by atoms with van der Waals surface area (Å²) in [6.45, 7) is 0.158. The van der Waals surface area contributed by atoms with Crippen LogP contribution in [0.15, 0.2) is 51.8 Å². The number of benzene rings is 2. The molecule has 0 spiro atoms. The third-order valence-corrected chi connectivity index (χ3v) is 4.96. The van der Waals surface area contributed by atoms with Gasteiger partial charge in [0, 0.05) is 16.6 Å². The standard InChI is InChI=1S/C15H14BrFN2O3S/c1-18-23(21,22)14-4-2-11(3-5-14)15(20)19-9-10-6-12(16)8-13(17)7-10/h2-8,18H,9H2,1H3,(H,19,20). The van der Waals surface area contributed by atoms with Gasteiger partial charge in [-0.25, -0.2) is 17.5 Å². The van der Waals surface area contributed by atoms with Crippen molar-refractivity contribution >= 4 is 31.9 Å². The quantitative estimate of drug-likeness (QED) is 0.808. The fraction of sp³-hybridized carbons (Fsp3) is 0.133. The molecular weight excluding hydrogens is 387 g/mol. The van der Waals surface area contributed by atoms with E-state index in [1.807, 2.05) is 0 Å². The first-order valence-corrected chi connectivity index (χ1v) is 8.86. The summed E-state index contributed by atoms with van der Waals surface area (Å²) in [5, 5.41) is 2.65. The molecule has 2 aromatic rings. The maximum Gasteiger partial charge on any atom is 0.251 e. The molecule has 122 valence electrons. The van der Waals surface area contributed by atoms with E-state index in [1.165, 1.54) is 43.4 Å². The highest BCUT2D eigenvalue weighted by Crippen LogP contribution is 2.15. The van der Waals surface area contributed by atoms with Crippen molar-refractivity contribution in [2.75, 3.05) is 7.05 Å². The van der Waals surface area contributed by atoms with E-state index in [9.17, 15) is 17.6 Å². The van der Waals surface area contributed by atoms with Gasteiger partial charge >= 0.3 is 0 Å². The van der Waals surface area contributed by atoms with E-state index >= 15 is 0 Å². The van der Waals surface area contributed by atoms with Gasteiger partial charge in [0.1, 0.15) is 5.82 Å². The van der Waals surface area contributed by atoms with E-state index in [0.717, 1.165) is 0 Å². The molecule has 2 aromatic carbocycles. The van der Waals surface area contributed by atoms with Crippen LogP contribution in [-0.4, -0.2) is 21.4 Å². The maximum atomic E-state index is 13.3. The SMILES string of the molecule is CNS(=O)(=O)c1ccc(C(=O)NCc2cc(F)cc(Br)c2)cc1. The molecule has 0 saturated heterocycles. The number of carbonyl (C=O) groups excluding carboxylic acids is 1. The Hall–Kier alpha value is -1.77. The topological polar surface area (TPSA) is 75.3 Å². The first-order chi connectivity index (χ1) is 10.8. The van der Waals surface area contributed by atoms with Gasteiger partial charge in [-0.15, -0.1) is 0 Å². The molecule has 0 saturated carbocycles. The lowest BCUT2D eigenvalue weighted by molar-refractivity contribution is 0.0950. The first-order valence-electron chi connectivity index (χ1n) is 6.58. The Morgan fingerprint density at radius 1 is 1.17 bits per heavy atom. The summed E-state index contributed by atoms with van der Waals surface area (Å²) in [7, 11) is -2.22. The second-order valence-electron chi connectivity index (χ2n) is 4.69. The van der Waals surface area contributed by atoms with Crippen LogP contribution >= 0.6 is 15.9 Å². The summed E-state index contributed by atoms with van der Waals surface area (Å²) in [6, 6.07) is 9.88. The van der Waals surface area contributed by atoms with Crippen molar-refractivity contribution in [3.63, 3.8) is 0 Å². The molecule has 0 unspecified atom stereocenters. The number of hydrogen-bond donors (Lipinski definition) is 2. The smallest absolute Gasteiger partial charge is 0.251 e. The van der Waals surface area contributed by atoms with Gasteiger partial charge in [0.15, 0.2) is 0 Å². The third-order valence-electron chi connectivity index (χ3n) is 3.07. The number of sulfonamides is 1. The van der Waals surface area contributed by atoms with Crippen molar-refractivity contribution in [3.8, 4) is 0 Å². The number of nitrogens with one attached hydrogen (secondary N) is 2. The fourth-order valence-corrected chi connectivity index (χ4v) is 3.14. The Bertz CT molecular complexity index is 803. The Balaban J connectivity index is 2.06. The fourth-order valence-electron chi connectivity index (χ4n) is 1.90. The van der Waals surface area contributed by atoms with Gasteiger partial charge in [-0.1, -0.05) is 15.9 Å². The molecule has 0 heterocycles. The molecule has 0 fully saturated rings. The van der Waals surface area contributed by atoms with Crippen LogP contribution in [0, 0.1) is 5.82 Å². The van der Waals surface area contributed by atoms with Gasteiger partial charge in [-0.2, -0.15) is 0 Å². The van der Waals surface area contributed by atoms with E-state index < -0.39 is 15.8 Å². The Kier molecular flexibility index (Phi) is 5.51. The molecule has 1 amide bonds. The average Bonchev–Trinajstić information content (AvgIpc) is 2.52. The largest absolute Gasteiger partial charge is 0.348 e. The average molecular weight is 401 g/mol. The van der Waals surface area contributed by atoms with E-state index in [1.54, 1.807) is 6.07 Å². The van der Waals surface area contributed by atoms with Crippen molar-refractivity contribution in [1.29, 1.82) is 0 Å². The second kappa shape index (κ2) is 7.20. The molecule has 0 aliphatic heterocycles. The van der Waals surface area contributed by atoms with E-state index in [-0.39, 0.29) is 17.3 Å². The van der Waals surface area contributed by atoms with Gasteiger partial charge < -0.3 is 5.32 Å². The molecule has 5 nitrogen and oxygen atoms in total. The number of rotatable bonds is 5. The van der Waals surface area contributed by atoms with Crippen molar-refractivity contribution in [2.24, 2.45) is 0 Å². The zero-order valence-electron chi connectivity index (χ0n) is 12.1. The van der Waals surface area contributed by atoms with Crippen molar-refractivity contribution in [3.05, 3.63) is 63.9 Å². The Labute approximate surface area is 142 Å². The molecule has 0 aliphatic carbocycles. The van der Waals surface area contributed by atoms with Crippen LogP contribution < -0.4 is 10.0 Å². The highest BCUT2D eigenvalue weighted by molar-refractivity contribution is 9.10. The minimum atomic E-state index is -3.53. The zero-order valence-corrected chi connectivity index (χ0v) is 14.5. The predicted octanol–water partition coefficient (Wildman–Crippen LogP) is 2.43. The molecule has 2 rings (SSSR count). The summed E-state index contributed by atoms with van der Waals surface area (Å²) in [6.07, 6.45) is 0. The molecule has 0 aromatic heterocycles. The van der Waals surface area contributed by atoms with Crippen molar-refractivity contribution < 1.29 is 17.6 Å². The zero-order chi connectivity index (χ0) is 17.0.